The molecule has 142 valence electrons. The highest BCUT2D eigenvalue weighted by atomic mass is 32.1. The van der Waals surface area contributed by atoms with Crippen LogP contribution in [0.4, 0.5) is 0 Å². The van der Waals surface area contributed by atoms with Gasteiger partial charge in [-0.3, -0.25) is 9.56 Å². The SMILES string of the molecule is CN=C(NCc1ccc(-n2ccnc2C)nc1)NCc1nc(C(C)C)cs1. The predicted molar refractivity (Wildman–Crippen MR) is 109 cm³/mol. The van der Waals surface area contributed by atoms with Crippen LogP contribution in [0.3, 0.4) is 0 Å². The monoisotopic (exact) mass is 383 g/mol. The molecule has 0 bridgehead atoms. The van der Waals surface area contributed by atoms with E-state index in [1.807, 2.05) is 30.0 Å². The zero-order valence-corrected chi connectivity index (χ0v) is 16.9. The Morgan fingerprint density at radius 2 is 2.04 bits per heavy atom. The molecule has 7 nitrogen and oxygen atoms in total. The Morgan fingerprint density at radius 1 is 1.22 bits per heavy atom. The Labute approximate surface area is 163 Å². The van der Waals surface area contributed by atoms with Gasteiger partial charge >= 0.3 is 0 Å². The molecule has 0 aliphatic rings. The topological polar surface area (TPSA) is 80.0 Å². The summed E-state index contributed by atoms with van der Waals surface area (Å²) in [5, 5.41) is 9.79. The van der Waals surface area contributed by atoms with Crippen molar-refractivity contribution in [1.82, 2.24) is 30.2 Å². The summed E-state index contributed by atoms with van der Waals surface area (Å²) in [4.78, 5) is 17.6. The number of aliphatic imine (C=N–C) groups is 1. The molecule has 3 aromatic rings. The van der Waals surface area contributed by atoms with E-state index in [1.54, 1.807) is 24.6 Å². The van der Waals surface area contributed by atoms with E-state index in [-0.39, 0.29) is 0 Å². The van der Waals surface area contributed by atoms with E-state index >= 15 is 0 Å². The average molecular weight is 384 g/mol. The third kappa shape index (κ3) is 4.91. The van der Waals surface area contributed by atoms with Crippen molar-refractivity contribution in [2.24, 2.45) is 4.99 Å². The number of rotatable bonds is 6. The first kappa shape index (κ1) is 19.0. The lowest BCUT2D eigenvalue weighted by Gasteiger charge is -2.11. The standard InChI is InChI=1S/C19H25N7S/c1-13(2)16-12-27-18(25-16)11-24-19(20-4)23-10-15-5-6-17(22-9-15)26-8-7-21-14(26)3/h5-9,12-13H,10-11H2,1-4H3,(H2,20,23,24). The maximum absolute atomic E-state index is 4.63. The van der Waals surface area contributed by atoms with Crippen molar-refractivity contribution in [1.29, 1.82) is 0 Å². The number of hydrogen-bond donors (Lipinski definition) is 2. The van der Waals surface area contributed by atoms with Crippen molar-refractivity contribution in [3.63, 3.8) is 0 Å². The lowest BCUT2D eigenvalue weighted by atomic mass is 10.2. The van der Waals surface area contributed by atoms with Crippen LogP contribution in [0.25, 0.3) is 5.82 Å². The number of hydrogen-bond acceptors (Lipinski definition) is 5. The highest BCUT2D eigenvalue weighted by Crippen LogP contribution is 2.17. The molecule has 0 spiro atoms. The maximum atomic E-state index is 4.63. The summed E-state index contributed by atoms with van der Waals surface area (Å²) in [5.41, 5.74) is 2.22. The molecule has 0 saturated heterocycles. The van der Waals surface area contributed by atoms with Crippen LogP contribution in [0.1, 0.15) is 41.9 Å². The van der Waals surface area contributed by atoms with Crippen LogP contribution in [-0.4, -0.2) is 32.5 Å². The van der Waals surface area contributed by atoms with Gasteiger partial charge in [-0.15, -0.1) is 11.3 Å². The van der Waals surface area contributed by atoms with Crippen LogP contribution in [0, 0.1) is 6.92 Å². The van der Waals surface area contributed by atoms with E-state index in [0.717, 1.165) is 33.9 Å². The Balaban J connectivity index is 1.52. The van der Waals surface area contributed by atoms with E-state index in [2.05, 4.69) is 55.9 Å². The summed E-state index contributed by atoms with van der Waals surface area (Å²) >= 11 is 1.67. The summed E-state index contributed by atoms with van der Waals surface area (Å²) in [5.74, 6) is 2.97. The van der Waals surface area contributed by atoms with Gasteiger partial charge in [-0.1, -0.05) is 19.9 Å². The molecular weight excluding hydrogens is 358 g/mol. The molecular formula is C19H25N7S. The van der Waals surface area contributed by atoms with Gasteiger partial charge in [0.2, 0.25) is 0 Å². The number of aromatic nitrogens is 4. The Morgan fingerprint density at radius 3 is 2.63 bits per heavy atom. The molecule has 0 unspecified atom stereocenters. The van der Waals surface area contributed by atoms with Gasteiger partial charge in [0.05, 0.1) is 12.2 Å². The summed E-state index contributed by atoms with van der Waals surface area (Å²) < 4.78 is 1.96. The third-order valence-electron chi connectivity index (χ3n) is 4.13. The van der Waals surface area contributed by atoms with Crippen LogP contribution in [0.15, 0.2) is 41.1 Å². The largest absolute Gasteiger partial charge is 0.352 e. The van der Waals surface area contributed by atoms with Gasteiger partial charge in [0.15, 0.2) is 5.96 Å². The molecule has 0 amide bonds. The smallest absolute Gasteiger partial charge is 0.191 e. The number of imidazole rings is 1. The van der Waals surface area contributed by atoms with Crippen molar-refractivity contribution in [3.8, 4) is 5.82 Å². The van der Waals surface area contributed by atoms with E-state index in [4.69, 9.17) is 0 Å². The van der Waals surface area contributed by atoms with Crippen LogP contribution in [0.2, 0.25) is 0 Å². The number of guanidine groups is 1. The number of thiazole rings is 1. The normalized spacial score (nSPS) is 11.8. The van der Waals surface area contributed by atoms with Crippen LogP contribution < -0.4 is 10.6 Å². The Bertz CT molecular complexity index is 893. The fourth-order valence-corrected chi connectivity index (χ4v) is 3.42. The summed E-state index contributed by atoms with van der Waals surface area (Å²) in [6, 6.07) is 4.04. The van der Waals surface area contributed by atoms with Gasteiger partial charge in [-0.05, 0) is 24.5 Å². The van der Waals surface area contributed by atoms with Gasteiger partial charge in [0.1, 0.15) is 16.6 Å². The van der Waals surface area contributed by atoms with Crippen molar-refractivity contribution < 1.29 is 0 Å². The minimum absolute atomic E-state index is 0.453. The van der Waals surface area contributed by atoms with Crippen molar-refractivity contribution in [3.05, 3.63) is 58.2 Å². The van der Waals surface area contributed by atoms with E-state index in [0.29, 0.717) is 19.0 Å². The fourth-order valence-electron chi connectivity index (χ4n) is 2.52. The number of aryl methyl sites for hydroxylation is 1. The van der Waals surface area contributed by atoms with Gasteiger partial charge < -0.3 is 10.6 Å². The molecule has 3 aromatic heterocycles. The minimum atomic E-state index is 0.453. The highest BCUT2D eigenvalue weighted by Gasteiger charge is 2.07. The maximum Gasteiger partial charge on any atom is 0.191 e. The molecule has 3 rings (SSSR count). The van der Waals surface area contributed by atoms with Gasteiger partial charge in [0.25, 0.3) is 0 Å². The van der Waals surface area contributed by atoms with Crippen molar-refractivity contribution >= 4 is 17.3 Å². The minimum Gasteiger partial charge on any atom is -0.352 e. The van der Waals surface area contributed by atoms with E-state index in [9.17, 15) is 0 Å². The first-order chi connectivity index (χ1) is 13.1. The molecule has 2 N–H and O–H groups in total. The zero-order valence-electron chi connectivity index (χ0n) is 16.1. The number of nitrogens with zero attached hydrogens (tertiary/aromatic N) is 5. The second-order valence-corrected chi connectivity index (χ2v) is 7.41. The lowest BCUT2D eigenvalue weighted by Crippen LogP contribution is -2.36. The molecule has 27 heavy (non-hydrogen) atoms. The molecule has 0 saturated carbocycles. The predicted octanol–water partition coefficient (Wildman–Crippen LogP) is 3.02. The summed E-state index contributed by atoms with van der Waals surface area (Å²) in [6.45, 7) is 7.57. The first-order valence-electron chi connectivity index (χ1n) is 8.91. The average Bonchev–Trinajstić information content (AvgIpc) is 3.31. The first-order valence-corrected chi connectivity index (χ1v) is 9.79. The molecule has 0 fully saturated rings. The van der Waals surface area contributed by atoms with Crippen LogP contribution >= 0.6 is 11.3 Å². The second-order valence-electron chi connectivity index (χ2n) is 6.47. The third-order valence-corrected chi connectivity index (χ3v) is 5.00. The van der Waals surface area contributed by atoms with E-state index < -0.39 is 0 Å². The highest BCUT2D eigenvalue weighted by molar-refractivity contribution is 7.09. The Kier molecular flexibility index (Phi) is 6.18. The van der Waals surface area contributed by atoms with Crippen molar-refractivity contribution in [2.45, 2.75) is 39.8 Å². The lowest BCUT2D eigenvalue weighted by molar-refractivity contribution is 0.783. The Hall–Kier alpha value is -2.74. The molecule has 0 aromatic carbocycles. The second kappa shape index (κ2) is 8.77. The fraction of sp³-hybridized carbons (Fsp3) is 0.368. The molecule has 3 heterocycles. The van der Waals surface area contributed by atoms with E-state index in [1.165, 1.54) is 0 Å². The zero-order chi connectivity index (χ0) is 19.2. The number of pyridine rings is 1. The molecule has 0 aliphatic carbocycles. The van der Waals surface area contributed by atoms with Gasteiger partial charge in [0, 0.05) is 37.6 Å². The van der Waals surface area contributed by atoms with Gasteiger partial charge in [-0.2, -0.15) is 0 Å². The van der Waals surface area contributed by atoms with Crippen LogP contribution in [0.5, 0.6) is 0 Å². The summed E-state index contributed by atoms with van der Waals surface area (Å²) in [6.07, 6.45) is 5.55. The quantitative estimate of drug-likeness (QED) is 0.505. The molecule has 8 heteroatoms. The molecule has 0 radical (unpaired) electrons. The summed E-state index contributed by atoms with van der Waals surface area (Å²) in [7, 11) is 1.76. The van der Waals surface area contributed by atoms with Gasteiger partial charge in [-0.25, -0.2) is 15.0 Å². The van der Waals surface area contributed by atoms with Crippen LogP contribution in [-0.2, 0) is 13.1 Å². The van der Waals surface area contributed by atoms with Crippen molar-refractivity contribution in [2.75, 3.05) is 7.05 Å². The molecule has 0 aliphatic heterocycles. The number of nitrogens with one attached hydrogen (secondary N) is 2. The molecule has 0 atom stereocenters.